The number of aliphatic carboxylic acids is 1. The summed E-state index contributed by atoms with van der Waals surface area (Å²) in [5.74, 6) is -3.19. The van der Waals surface area contributed by atoms with Crippen molar-refractivity contribution in [1.29, 1.82) is 0 Å². The van der Waals surface area contributed by atoms with Crippen molar-refractivity contribution in [2.75, 3.05) is 26.3 Å². The van der Waals surface area contributed by atoms with Gasteiger partial charge in [0.25, 0.3) is 0 Å². The molecule has 0 aromatic rings. The van der Waals surface area contributed by atoms with Crippen LogP contribution in [0.15, 0.2) is 0 Å². The van der Waals surface area contributed by atoms with Crippen LogP contribution < -0.4 is 10.6 Å². The van der Waals surface area contributed by atoms with Crippen molar-refractivity contribution in [1.82, 2.24) is 10.6 Å². The van der Waals surface area contributed by atoms with Gasteiger partial charge in [0.2, 0.25) is 0 Å². The Hall–Kier alpha value is -3.05. The van der Waals surface area contributed by atoms with Gasteiger partial charge in [0.05, 0.1) is 0 Å². The number of carbonyl (C=O) groups is 5. The lowest BCUT2D eigenvalue weighted by Crippen LogP contribution is -2.42. The van der Waals surface area contributed by atoms with Gasteiger partial charge in [-0.25, -0.2) is 9.59 Å². The second-order valence-corrected chi connectivity index (χ2v) is 8.90. The Balaban J connectivity index is 4.50. The number of esters is 2. The van der Waals surface area contributed by atoms with Gasteiger partial charge in [-0.3, -0.25) is 14.4 Å². The highest BCUT2D eigenvalue weighted by Crippen LogP contribution is 2.18. The molecule has 0 saturated heterocycles. The number of hydrogen-bond donors (Lipinski definition) is 3. The number of amides is 2. The van der Waals surface area contributed by atoms with Crippen molar-refractivity contribution in [2.45, 2.75) is 59.7 Å². The Labute approximate surface area is 180 Å². The molecule has 31 heavy (non-hydrogen) atoms. The predicted molar refractivity (Wildman–Crippen MR) is 106 cm³/mol. The molecule has 0 rings (SSSR count). The molecule has 0 fully saturated rings. The average Bonchev–Trinajstić information content (AvgIpc) is 2.58. The van der Waals surface area contributed by atoms with Crippen molar-refractivity contribution < 1.29 is 48.0 Å². The monoisotopic (exact) mass is 448 g/mol. The average molecular weight is 448 g/mol. The summed E-state index contributed by atoms with van der Waals surface area (Å²) < 4.78 is 19.6. The number of ether oxygens (including phenoxy) is 4. The van der Waals surface area contributed by atoms with Gasteiger partial charge in [-0.05, 0) is 48.5 Å². The largest absolute Gasteiger partial charge is 0.481 e. The first-order valence-electron chi connectivity index (χ1n) is 9.42. The third-order valence-electron chi connectivity index (χ3n) is 3.17. The molecule has 0 atom stereocenters. The summed E-state index contributed by atoms with van der Waals surface area (Å²) in [6.07, 6.45) is -1.67. The standard InChI is InChI=1S/C19H32N2O10/c1-17(2,3)30-15(26)20-8-12(22)28-10-19(7,14(24)25)11-29-13(23)9-21-16(27)31-18(4,5)6/h8-11H2,1-7H3,(H,20,26)(H,21,27)(H,24,25). The highest BCUT2D eigenvalue weighted by Gasteiger charge is 2.37. The fourth-order valence-electron chi connectivity index (χ4n) is 1.66. The van der Waals surface area contributed by atoms with Crippen molar-refractivity contribution in [3.63, 3.8) is 0 Å². The van der Waals surface area contributed by atoms with E-state index in [1.54, 1.807) is 41.5 Å². The van der Waals surface area contributed by atoms with Gasteiger partial charge in [-0.2, -0.15) is 0 Å². The minimum Gasteiger partial charge on any atom is -0.481 e. The van der Waals surface area contributed by atoms with Crippen LogP contribution in [0.3, 0.4) is 0 Å². The first kappa shape index (κ1) is 27.9. The molecular formula is C19H32N2O10. The molecule has 0 saturated carbocycles. The molecule has 0 aliphatic carbocycles. The summed E-state index contributed by atoms with van der Waals surface area (Å²) in [6.45, 7) is 8.77. The number of hydrogen-bond acceptors (Lipinski definition) is 9. The summed E-state index contributed by atoms with van der Waals surface area (Å²) in [7, 11) is 0. The van der Waals surface area contributed by atoms with Crippen molar-refractivity contribution in [3.05, 3.63) is 0 Å². The van der Waals surface area contributed by atoms with E-state index < -0.39 is 73.0 Å². The van der Waals surface area contributed by atoms with Crippen molar-refractivity contribution in [3.8, 4) is 0 Å². The smallest absolute Gasteiger partial charge is 0.408 e. The van der Waals surface area contributed by atoms with Crippen LogP contribution in [0.2, 0.25) is 0 Å². The Morgan fingerprint density at radius 3 is 1.26 bits per heavy atom. The Morgan fingerprint density at radius 2 is 1.00 bits per heavy atom. The zero-order chi connectivity index (χ0) is 24.5. The Morgan fingerprint density at radius 1 is 0.677 bits per heavy atom. The number of rotatable bonds is 9. The van der Waals surface area contributed by atoms with Crippen LogP contribution in [0, 0.1) is 5.41 Å². The fourth-order valence-corrected chi connectivity index (χ4v) is 1.66. The molecule has 3 N–H and O–H groups in total. The Bertz CT molecular complexity index is 628. The molecule has 12 nitrogen and oxygen atoms in total. The molecule has 0 spiro atoms. The number of carboxylic acid groups (broad SMARTS) is 1. The summed E-state index contributed by atoms with van der Waals surface area (Å²) in [6, 6.07) is 0. The molecule has 2 amide bonds. The first-order valence-corrected chi connectivity index (χ1v) is 9.42. The van der Waals surface area contributed by atoms with Crippen molar-refractivity contribution in [2.24, 2.45) is 5.41 Å². The van der Waals surface area contributed by atoms with Crippen LogP contribution >= 0.6 is 0 Å². The zero-order valence-corrected chi connectivity index (χ0v) is 18.9. The van der Waals surface area contributed by atoms with Crippen molar-refractivity contribution >= 4 is 30.1 Å². The minimum absolute atomic E-state index is 0.537. The molecular weight excluding hydrogens is 416 g/mol. The van der Waals surface area contributed by atoms with E-state index in [0.29, 0.717) is 0 Å². The third-order valence-corrected chi connectivity index (χ3v) is 3.17. The van der Waals surface area contributed by atoms with Crippen LogP contribution in [0.5, 0.6) is 0 Å². The molecule has 0 heterocycles. The van der Waals surface area contributed by atoms with Gasteiger partial charge in [0.1, 0.15) is 42.9 Å². The first-order chi connectivity index (χ1) is 13.9. The Kier molecular flexibility index (Phi) is 10.3. The van der Waals surface area contributed by atoms with E-state index in [4.69, 9.17) is 18.9 Å². The van der Waals surface area contributed by atoms with E-state index in [2.05, 4.69) is 10.6 Å². The van der Waals surface area contributed by atoms with Gasteiger partial charge in [0.15, 0.2) is 0 Å². The van der Waals surface area contributed by atoms with Gasteiger partial charge in [-0.15, -0.1) is 0 Å². The lowest BCUT2D eigenvalue weighted by atomic mass is 9.93. The maximum Gasteiger partial charge on any atom is 0.408 e. The molecule has 0 aromatic heterocycles. The fraction of sp³-hybridized carbons (Fsp3) is 0.737. The summed E-state index contributed by atoms with van der Waals surface area (Å²) in [5.41, 5.74) is -3.25. The minimum atomic E-state index is -1.75. The van der Waals surface area contributed by atoms with E-state index in [0.717, 1.165) is 0 Å². The van der Waals surface area contributed by atoms with Gasteiger partial charge < -0.3 is 34.7 Å². The number of nitrogens with one attached hydrogen (secondary N) is 2. The molecule has 178 valence electrons. The molecule has 0 aliphatic heterocycles. The second kappa shape index (κ2) is 11.4. The van der Waals surface area contributed by atoms with E-state index in [-0.39, 0.29) is 0 Å². The van der Waals surface area contributed by atoms with Crippen LogP contribution in [-0.2, 0) is 33.3 Å². The number of carboxylic acids is 1. The molecule has 0 unspecified atom stereocenters. The topological polar surface area (TPSA) is 167 Å². The normalized spacial score (nSPS) is 11.7. The SMILES string of the molecule is CC(C)(C)OC(=O)NCC(=O)OCC(C)(COC(=O)CNC(=O)OC(C)(C)C)C(=O)O. The molecule has 12 heteroatoms. The lowest BCUT2D eigenvalue weighted by Gasteiger charge is -2.24. The van der Waals surface area contributed by atoms with Crippen LogP contribution in [0.4, 0.5) is 9.59 Å². The third kappa shape index (κ3) is 13.7. The van der Waals surface area contributed by atoms with Crippen LogP contribution in [-0.4, -0.2) is 72.7 Å². The maximum absolute atomic E-state index is 11.8. The van der Waals surface area contributed by atoms with Gasteiger partial charge in [-0.1, -0.05) is 0 Å². The summed E-state index contributed by atoms with van der Waals surface area (Å²) in [5, 5.41) is 13.7. The summed E-state index contributed by atoms with van der Waals surface area (Å²) in [4.78, 5) is 58.1. The van der Waals surface area contributed by atoms with Crippen LogP contribution in [0.1, 0.15) is 48.5 Å². The van der Waals surface area contributed by atoms with Crippen LogP contribution in [0.25, 0.3) is 0 Å². The quantitative estimate of drug-likeness (QED) is 0.344. The highest BCUT2D eigenvalue weighted by molar-refractivity contribution is 5.80. The molecule has 0 aliphatic rings. The van der Waals surface area contributed by atoms with E-state index in [1.807, 2.05) is 0 Å². The number of carbonyl (C=O) groups excluding carboxylic acids is 4. The van der Waals surface area contributed by atoms with Gasteiger partial charge in [0, 0.05) is 0 Å². The van der Waals surface area contributed by atoms with E-state index in [9.17, 15) is 29.1 Å². The maximum atomic E-state index is 11.8. The lowest BCUT2D eigenvalue weighted by molar-refractivity contribution is -0.165. The molecule has 0 aromatic carbocycles. The second-order valence-electron chi connectivity index (χ2n) is 8.90. The zero-order valence-electron chi connectivity index (χ0n) is 18.9. The molecule has 0 radical (unpaired) electrons. The van der Waals surface area contributed by atoms with E-state index in [1.165, 1.54) is 6.92 Å². The number of alkyl carbamates (subject to hydrolysis) is 2. The molecule has 0 bridgehead atoms. The predicted octanol–water partition coefficient (Wildman–Crippen LogP) is 1.21. The van der Waals surface area contributed by atoms with E-state index >= 15 is 0 Å². The highest BCUT2D eigenvalue weighted by atomic mass is 16.6. The van der Waals surface area contributed by atoms with Gasteiger partial charge >= 0.3 is 30.1 Å². The summed E-state index contributed by atoms with van der Waals surface area (Å²) >= 11 is 0.